The summed E-state index contributed by atoms with van der Waals surface area (Å²) in [5.74, 6) is 1.04. The van der Waals surface area contributed by atoms with E-state index in [4.69, 9.17) is 10.7 Å². The maximum Gasteiger partial charge on any atom is 0.129 e. The van der Waals surface area contributed by atoms with Crippen molar-refractivity contribution in [3.63, 3.8) is 0 Å². The van der Waals surface area contributed by atoms with Crippen LogP contribution in [0.2, 0.25) is 0 Å². The first-order valence-corrected chi connectivity index (χ1v) is 7.28. The summed E-state index contributed by atoms with van der Waals surface area (Å²) in [5.41, 5.74) is 10.5. The lowest BCUT2D eigenvalue weighted by atomic mass is 10.00. The summed E-state index contributed by atoms with van der Waals surface area (Å²) in [6.45, 7) is 1.95. The van der Waals surface area contributed by atoms with Gasteiger partial charge >= 0.3 is 0 Å². The molecule has 2 aromatic carbocycles. The second-order valence-corrected chi connectivity index (χ2v) is 5.56. The number of anilines is 2. The molecule has 3 aromatic rings. The van der Waals surface area contributed by atoms with E-state index in [-0.39, 0.29) is 0 Å². The largest absolute Gasteiger partial charge is 0.399 e. The predicted octanol–water partition coefficient (Wildman–Crippen LogP) is 3.38. The summed E-state index contributed by atoms with van der Waals surface area (Å²) < 4.78 is 0. The van der Waals surface area contributed by atoms with Gasteiger partial charge in [-0.1, -0.05) is 24.3 Å². The van der Waals surface area contributed by atoms with Crippen molar-refractivity contribution in [3.8, 4) is 0 Å². The van der Waals surface area contributed by atoms with Crippen molar-refractivity contribution < 1.29 is 0 Å². The average molecular weight is 275 g/mol. The molecule has 3 heteroatoms. The number of benzene rings is 2. The standard InChI is InChI=1S/C18H17N3/c19-16-6-7-17-14(11-16)5-8-18(20-17)21-10-9-13-3-1-2-4-15(13)12-21/h1-8,11H,9-10,12,19H2. The molecule has 0 aliphatic carbocycles. The van der Waals surface area contributed by atoms with Gasteiger partial charge in [-0.25, -0.2) is 4.98 Å². The van der Waals surface area contributed by atoms with Crippen LogP contribution >= 0.6 is 0 Å². The Bertz CT molecular complexity index is 810. The van der Waals surface area contributed by atoms with Gasteiger partial charge in [-0.05, 0) is 47.9 Å². The topological polar surface area (TPSA) is 42.1 Å². The van der Waals surface area contributed by atoms with E-state index in [9.17, 15) is 0 Å². The molecule has 2 heterocycles. The Labute approximate surface area is 124 Å². The van der Waals surface area contributed by atoms with Crippen LogP contribution in [0.3, 0.4) is 0 Å². The molecule has 21 heavy (non-hydrogen) atoms. The first kappa shape index (κ1) is 12.2. The van der Waals surface area contributed by atoms with Crippen LogP contribution in [0.15, 0.2) is 54.6 Å². The highest BCUT2D eigenvalue weighted by Crippen LogP contribution is 2.25. The van der Waals surface area contributed by atoms with Crippen LogP contribution < -0.4 is 10.6 Å². The molecule has 104 valence electrons. The van der Waals surface area contributed by atoms with Gasteiger partial charge in [0.25, 0.3) is 0 Å². The summed E-state index contributed by atoms with van der Waals surface area (Å²) in [6, 6.07) is 18.7. The Hall–Kier alpha value is -2.55. The minimum Gasteiger partial charge on any atom is -0.399 e. The lowest BCUT2D eigenvalue weighted by molar-refractivity contribution is 0.722. The lowest BCUT2D eigenvalue weighted by Gasteiger charge is -2.29. The van der Waals surface area contributed by atoms with Crippen molar-refractivity contribution in [2.24, 2.45) is 0 Å². The van der Waals surface area contributed by atoms with Crippen molar-refractivity contribution in [3.05, 3.63) is 65.7 Å². The van der Waals surface area contributed by atoms with Gasteiger partial charge in [0.2, 0.25) is 0 Å². The second-order valence-electron chi connectivity index (χ2n) is 5.56. The van der Waals surface area contributed by atoms with Gasteiger partial charge in [-0.2, -0.15) is 0 Å². The molecule has 0 saturated carbocycles. The summed E-state index contributed by atoms with van der Waals surface area (Å²) in [4.78, 5) is 7.13. The molecule has 1 aromatic heterocycles. The Balaban J connectivity index is 1.70. The van der Waals surface area contributed by atoms with Crippen LogP contribution in [0.25, 0.3) is 10.9 Å². The SMILES string of the molecule is Nc1ccc2nc(N3CCc4ccccc4C3)ccc2c1. The van der Waals surface area contributed by atoms with Crippen molar-refractivity contribution in [2.45, 2.75) is 13.0 Å². The third-order valence-corrected chi connectivity index (χ3v) is 4.15. The monoisotopic (exact) mass is 275 g/mol. The Morgan fingerprint density at radius 3 is 2.71 bits per heavy atom. The molecule has 0 amide bonds. The minimum atomic E-state index is 0.781. The lowest BCUT2D eigenvalue weighted by Crippen LogP contribution is -2.30. The number of nitrogens with two attached hydrogens (primary N) is 1. The number of fused-ring (bicyclic) bond motifs is 2. The normalized spacial score (nSPS) is 14.2. The average Bonchev–Trinajstić information content (AvgIpc) is 2.54. The highest BCUT2D eigenvalue weighted by molar-refractivity contribution is 5.83. The molecule has 0 saturated heterocycles. The highest BCUT2D eigenvalue weighted by Gasteiger charge is 2.17. The van der Waals surface area contributed by atoms with Crippen molar-refractivity contribution >= 4 is 22.4 Å². The van der Waals surface area contributed by atoms with Gasteiger partial charge in [0, 0.05) is 24.2 Å². The molecule has 0 unspecified atom stereocenters. The molecule has 1 aliphatic heterocycles. The fourth-order valence-electron chi connectivity index (χ4n) is 3.00. The molecule has 3 nitrogen and oxygen atoms in total. The molecule has 0 fully saturated rings. The molecule has 0 spiro atoms. The van der Waals surface area contributed by atoms with E-state index in [1.54, 1.807) is 0 Å². The summed E-state index contributed by atoms with van der Waals surface area (Å²) in [7, 11) is 0. The number of hydrogen-bond donors (Lipinski definition) is 1. The van der Waals surface area contributed by atoms with Crippen molar-refractivity contribution in [1.29, 1.82) is 0 Å². The van der Waals surface area contributed by atoms with Gasteiger partial charge in [-0.15, -0.1) is 0 Å². The first-order chi connectivity index (χ1) is 10.3. The number of rotatable bonds is 1. The fraction of sp³-hybridized carbons (Fsp3) is 0.167. The number of pyridine rings is 1. The van der Waals surface area contributed by atoms with Crippen LogP contribution in [-0.4, -0.2) is 11.5 Å². The Morgan fingerprint density at radius 1 is 0.952 bits per heavy atom. The molecular formula is C18H17N3. The number of nitrogens with zero attached hydrogens (tertiary/aromatic N) is 2. The number of hydrogen-bond acceptors (Lipinski definition) is 3. The van der Waals surface area contributed by atoms with Gasteiger partial charge in [-0.3, -0.25) is 0 Å². The Kier molecular flexibility index (Phi) is 2.78. The minimum absolute atomic E-state index is 0.781. The molecule has 0 atom stereocenters. The predicted molar refractivity (Wildman–Crippen MR) is 87.4 cm³/mol. The van der Waals surface area contributed by atoms with E-state index < -0.39 is 0 Å². The van der Waals surface area contributed by atoms with E-state index in [1.165, 1.54) is 11.1 Å². The third kappa shape index (κ3) is 2.21. The van der Waals surface area contributed by atoms with Crippen LogP contribution in [-0.2, 0) is 13.0 Å². The smallest absolute Gasteiger partial charge is 0.129 e. The molecular weight excluding hydrogens is 258 g/mol. The van der Waals surface area contributed by atoms with Gasteiger partial charge in [0.05, 0.1) is 5.52 Å². The maximum atomic E-state index is 5.82. The molecule has 4 rings (SSSR count). The number of aromatic nitrogens is 1. The van der Waals surface area contributed by atoms with Crippen LogP contribution in [0.5, 0.6) is 0 Å². The van der Waals surface area contributed by atoms with Crippen LogP contribution in [0.4, 0.5) is 11.5 Å². The van der Waals surface area contributed by atoms with E-state index in [1.807, 2.05) is 18.2 Å². The third-order valence-electron chi connectivity index (χ3n) is 4.15. The summed E-state index contributed by atoms with van der Waals surface area (Å²) in [6.07, 6.45) is 1.08. The van der Waals surface area contributed by atoms with Crippen LogP contribution in [0.1, 0.15) is 11.1 Å². The van der Waals surface area contributed by atoms with E-state index in [0.717, 1.165) is 41.9 Å². The highest BCUT2D eigenvalue weighted by atomic mass is 15.2. The zero-order chi connectivity index (χ0) is 14.2. The van der Waals surface area contributed by atoms with E-state index in [2.05, 4.69) is 41.3 Å². The zero-order valence-electron chi connectivity index (χ0n) is 11.8. The first-order valence-electron chi connectivity index (χ1n) is 7.28. The quantitative estimate of drug-likeness (QED) is 0.692. The maximum absolute atomic E-state index is 5.82. The van der Waals surface area contributed by atoms with Crippen molar-refractivity contribution in [2.75, 3.05) is 17.2 Å². The summed E-state index contributed by atoms with van der Waals surface area (Å²) >= 11 is 0. The molecule has 0 radical (unpaired) electrons. The Morgan fingerprint density at radius 2 is 1.81 bits per heavy atom. The molecule has 2 N–H and O–H groups in total. The molecule has 1 aliphatic rings. The van der Waals surface area contributed by atoms with Gasteiger partial charge in [0.15, 0.2) is 0 Å². The summed E-state index contributed by atoms with van der Waals surface area (Å²) in [5, 5.41) is 1.09. The van der Waals surface area contributed by atoms with Crippen LogP contribution in [0, 0.1) is 0 Å². The molecule has 0 bridgehead atoms. The van der Waals surface area contributed by atoms with E-state index >= 15 is 0 Å². The zero-order valence-corrected chi connectivity index (χ0v) is 11.8. The van der Waals surface area contributed by atoms with E-state index in [0.29, 0.717) is 0 Å². The number of nitrogen functional groups attached to an aromatic ring is 1. The van der Waals surface area contributed by atoms with Gasteiger partial charge < -0.3 is 10.6 Å². The second kappa shape index (κ2) is 4.77. The van der Waals surface area contributed by atoms with Crippen molar-refractivity contribution in [1.82, 2.24) is 4.98 Å². The fourth-order valence-corrected chi connectivity index (χ4v) is 3.00. The van der Waals surface area contributed by atoms with Gasteiger partial charge in [0.1, 0.15) is 5.82 Å².